The van der Waals surface area contributed by atoms with E-state index in [1.807, 2.05) is 25.5 Å². The maximum atomic E-state index is 4.57. The molecule has 0 bridgehead atoms. The summed E-state index contributed by atoms with van der Waals surface area (Å²) < 4.78 is 0. The van der Waals surface area contributed by atoms with E-state index in [1.165, 1.54) is 24.1 Å². The van der Waals surface area contributed by atoms with Crippen LogP contribution in [0.1, 0.15) is 24.1 Å². The summed E-state index contributed by atoms with van der Waals surface area (Å²) in [6.45, 7) is 5.27. The molecule has 134 valence electrons. The van der Waals surface area contributed by atoms with Gasteiger partial charge in [-0.25, -0.2) is 9.97 Å². The first-order chi connectivity index (χ1) is 12.7. The summed E-state index contributed by atoms with van der Waals surface area (Å²) in [6.07, 6.45) is 7.97. The van der Waals surface area contributed by atoms with Crippen LogP contribution in [0, 0.1) is 6.92 Å². The van der Waals surface area contributed by atoms with E-state index >= 15 is 0 Å². The highest BCUT2D eigenvalue weighted by atomic mass is 15.2. The molecule has 1 aliphatic heterocycles. The summed E-state index contributed by atoms with van der Waals surface area (Å²) in [5, 5.41) is 1.14. The van der Waals surface area contributed by atoms with E-state index in [0.717, 1.165) is 36.4 Å². The lowest BCUT2D eigenvalue weighted by Crippen LogP contribution is -2.43. The third kappa shape index (κ3) is 3.53. The van der Waals surface area contributed by atoms with Crippen molar-refractivity contribution in [2.24, 2.45) is 0 Å². The molecule has 3 aromatic heterocycles. The van der Waals surface area contributed by atoms with Crippen molar-refractivity contribution >= 4 is 16.7 Å². The van der Waals surface area contributed by atoms with Crippen LogP contribution in [0.4, 0.5) is 5.69 Å². The average Bonchev–Trinajstić information content (AvgIpc) is 2.68. The Hall–Kier alpha value is -2.53. The Bertz CT molecular complexity index is 872. The normalized spacial score (nSPS) is 16.1. The van der Waals surface area contributed by atoms with Crippen LogP contribution in [-0.2, 0) is 6.54 Å². The summed E-state index contributed by atoms with van der Waals surface area (Å²) in [7, 11) is 2.21. The SMILES string of the molecule is Cc1ccc2c(N(C)C3CCN(Cc4ccncc4)CC3)ccnc2n1. The molecule has 4 rings (SSSR count). The molecule has 0 aromatic carbocycles. The minimum Gasteiger partial charge on any atom is -0.371 e. The molecule has 1 aliphatic rings. The molecule has 5 heteroatoms. The fourth-order valence-corrected chi connectivity index (χ4v) is 3.82. The van der Waals surface area contributed by atoms with Crippen molar-refractivity contribution in [1.29, 1.82) is 0 Å². The summed E-state index contributed by atoms with van der Waals surface area (Å²) in [6, 6.07) is 11.1. The number of hydrogen-bond donors (Lipinski definition) is 0. The first kappa shape index (κ1) is 16.9. The van der Waals surface area contributed by atoms with Crippen LogP contribution in [-0.4, -0.2) is 46.0 Å². The van der Waals surface area contributed by atoms with Gasteiger partial charge in [0.2, 0.25) is 0 Å². The van der Waals surface area contributed by atoms with Gasteiger partial charge in [-0.3, -0.25) is 9.88 Å². The number of pyridine rings is 3. The van der Waals surface area contributed by atoms with Gasteiger partial charge in [0.25, 0.3) is 0 Å². The average molecular weight is 347 g/mol. The van der Waals surface area contributed by atoms with Crippen molar-refractivity contribution < 1.29 is 0 Å². The lowest BCUT2D eigenvalue weighted by Gasteiger charge is -2.38. The number of piperidine rings is 1. The smallest absolute Gasteiger partial charge is 0.161 e. The number of hydrogen-bond acceptors (Lipinski definition) is 5. The van der Waals surface area contributed by atoms with Crippen LogP contribution in [0.25, 0.3) is 11.0 Å². The van der Waals surface area contributed by atoms with Gasteiger partial charge in [0.1, 0.15) is 0 Å². The van der Waals surface area contributed by atoms with Crippen LogP contribution in [0.2, 0.25) is 0 Å². The molecule has 4 heterocycles. The molecule has 0 atom stereocenters. The molecular weight excluding hydrogens is 322 g/mol. The number of likely N-dealkylation sites (tertiary alicyclic amines) is 1. The third-order valence-corrected chi connectivity index (χ3v) is 5.36. The van der Waals surface area contributed by atoms with E-state index in [2.05, 4.69) is 62.1 Å². The van der Waals surface area contributed by atoms with E-state index in [4.69, 9.17) is 0 Å². The van der Waals surface area contributed by atoms with Crippen LogP contribution in [0.15, 0.2) is 48.9 Å². The minimum absolute atomic E-state index is 0.551. The van der Waals surface area contributed by atoms with Gasteiger partial charge in [0, 0.05) is 68.1 Å². The topological polar surface area (TPSA) is 45.2 Å². The Kier molecular flexibility index (Phi) is 4.80. The van der Waals surface area contributed by atoms with Crippen LogP contribution < -0.4 is 4.90 Å². The largest absolute Gasteiger partial charge is 0.371 e. The number of rotatable bonds is 4. The van der Waals surface area contributed by atoms with Crippen molar-refractivity contribution in [3.05, 3.63) is 60.2 Å². The molecule has 0 unspecified atom stereocenters. The van der Waals surface area contributed by atoms with Crippen molar-refractivity contribution in [3.8, 4) is 0 Å². The number of aryl methyl sites for hydroxylation is 1. The Labute approximate surface area is 154 Å². The zero-order chi connectivity index (χ0) is 17.9. The fraction of sp³-hybridized carbons (Fsp3) is 0.381. The summed E-state index contributed by atoms with van der Waals surface area (Å²) >= 11 is 0. The maximum Gasteiger partial charge on any atom is 0.161 e. The molecule has 26 heavy (non-hydrogen) atoms. The van der Waals surface area contributed by atoms with Crippen LogP contribution in [0.3, 0.4) is 0 Å². The number of aromatic nitrogens is 3. The molecule has 0 saturated carbocycles. The number of nitrogens with zero attached hydrogens (tertiary/aromatic N) is 5. The van der Waals surface area contributed by atoms with E-state index < -0.39 is 0 Å². The van der Waals surface area contributed by atoms with Crippen molar-refractivity contribution in [3.63, 3.8) is 0 Å². The highest BCUT2D eigenvalue weighted by molar-refractivity contribution is 5.89. The highest BCUT2D eigenvalue weighted by Crippen LogP contribution is 2.28. The molecule has 0 aliphatic carbocycles. The molecule has 3 aromatic rings. The Balaban J connectivity index is 1.45. The monoisotopic (exact) mass is 347 g/mol. The standard InChI is InChI=1S/C21H25N5/c1-16-3-4-19-20(7-12-23-21(19)24-16)25(2)18-8-13-26(14-9-18)15-17-5-10-22-11-6-17/h3-7,10-12,18H,8-9,13-15H2,1-2H3. The summed E-state index contributed by atoms with van der Waals surface area (Å²) in [5.74, 6) is 0. The van der Waals surface area contributed by atoms with Gasteiger partial charge in [0.05, 0.1) is 0 Å². The Morgan fingerprint density at radius 3 is 2.58 bits per heavy atom. The molecule has 0 N–H and O–H groups in total. The van der Waals surface area contributed by atoms with Gasteiger partial charge in [-0.15, -0.1) is 0 Å². The zero-order valence-corrected chi connectivity index (χ0v) is 15.5. The van der Waals surface area contributed by atoms with Crippen molar-refractivity contribution in [2.45, 2.75) is 32.4 Å². The molecule has 5 nitrogen and oxygen atoms in total. The highest BCUT2D eigenvalue weighted by Gasteiger charge is 2.23. The van der Waals surface area contributed by atoms with Crippen LogP contribution in [0.5, 0.6) is 0 Å². The molecule has 0 spiro atoms. The third-order valence-electron chi connectivity index (χ3n) is 5.36. The summed E-state index contributed by atoms with van der Waals surface area (Å²) in [4.78, 5) is 18.1. The Morgan fingerprint density at radius 1 is 1.04 bits per heavy atom. The predicted octanol–water partition coefficient (Wildman–Crippen LogP) is 3.43. The van der Waals surface area contributed by atoms with E-state index in [-0.39, 0.29) is 0 Å². The molecule has 0 amide bonds. The molecule has 1 fully saturated rings. The van der Waals surface area contributed by atoms with Gasteiger partial charge in [-0.05, 0) is 55.7 Å². The minimum atomic E-state index is 0.551. The van der Waals surface area contributed by atoms with Gasteiger partial charge < -0.3 is 4.90 Å². The molecule has 0 radical (unpaired) electrons. The van der Waals surface area contributed by atoms with Crippen molar-refractivity contribution in [2.75, 3.05) is 25.0 Å². The zero-order valence-electron chi connectivity index (χ0n) is 15.5. The second-order valence-electron chi connectivity index (χ2n) is 7.13. The van der Waals surface area contributed by atoms with Crippen molar-refractivity contribution in [1.82, 2.24) is 19.9 Å². The number of fused-ring (bicyclic) bond motifs is 1. The molecule has 1 saturated heterocycles. The fourth-order valence-electron chi connectivity index (χ4n) is 3.82. The first-order valence-electron chi connectivity index (χ1n) is 9.27. The van der Waals surface area contributed by atoms with Gasteiger partial charge in [0.15, 0.2) is 5.65 Å². The second-order valence-corrected chi connectivity index (χ2v) is 7.13. The van der Waals surface area contributed by atoms with E-state index in [0.29, 0.717) is 6.04 Å². The number of anilines is 1. The lowest BCUT2D eigenvalue weighted by molar-refractivity contribution is 0.203. The predicted molar refractivity (Wildman–Crippen MR) is 105 cm³/mol. The van der Waals surface area contributed by atoms with Gasteiger partial charge in [-0.2, -0.15) is 0 Å². The van der Waals surface area contributed by atoms with Gasteiger partial charge >= 0.3 is 0 Å². The summed E-state index contributed by atoms with van der Waals surface area (Å²) in [5.41, 5.74) is 4.42. The van der Waals surface area contributed by atoms with Crippen LogP contribution >= 0.6 is 0 Å². The van der Waals surface area contributed by atoms with E-state index in [9.17, 15) is 0 Å². The van der Waals surface area contributed by atoms with E-state index in [1.54, 1.807) is 0 Å². The molecular formula is C21H25N5. The lowest BCUT2D eigenvalue weighted by atomic mass is 10.0. The van der Waals surface area contributed by atoms with Gasteiger partial charge in [-0.1, -0.05) is 0 Å². The second kappa shape index (κ2) is 7.38. The maximum absolute atomic E-state index is 4.57. The Morgan fingerprint density at radius 2 is 1.81 bits per heavy atom. The first-order valence-corrected chi connectivity index (χ1v) is 9.27. The quantitative estimate of drug-likeness (QED) is 0.723.